The van der Waals surface area contributed by atoms with Gasteiger partial charge in [-0.1, -0.05) is 6.07 Å². The minimum Gasteiger partial charge on any atom is -0.504 e. The van der Waals surface area contributed by atoms with Crippen LogP contribution in [0.1, 0.15) is 16.1 Å². The van der Waals surface area contributed by atoms with E-state index in [-0.39, 0.29) is 11.4 Å². The molecule has 0 saturated heterocycles. The van der Waals surface area contributed by atoms with Crippen LogP contribution in [-0.2, 0) is 6.54 Å². The molecule has 23 heavy (non-hydrogen) atoms. The summed E-state index contributed by atoms with van der Waals surface area (Å²) in [6.07, 6.45) is 3.16. The molecule has 0 aliphatic carbocycles. The first-order chi connectivity index (χ1) is 11.1. The first-order valence-electron chi connectivity index (χ1n) is 6.89. The second-order valence-corrected chi connectivity index (χ2v) is 4.92. The number of anilines is 1. The zero-order chi connectivity index (χ0) is 16.4. The lowest BCUT2D eigenvalue weighted by molar-refractivity contribution is 0.0690. The zero-order valence-electron chi connectivity index (χ0n) is 12.4. The lowest BCUT2D eigenvalue weighted by atomic mass is 10.2. The number of methoxy groups -OCH3 is 1. The van der Waals surface area contributed by atoms with Gasteiger partial charge in [0.1, 0.15) is 5.65 Å². The molecule has 0 aliphatic rings. The standard InChI is InChI=1S/C16H15N3O4/c1-23-13-8-10(2-4-12(13)20)9-18-11-3-5-14-17-6-7-19(14)15(11)16(21)22/h2-8,18,20H,9H2,1H3,(H,21,22). The van der Waals surface area contributed by atoms with Crippen molar-refractivity contribution in [2.75, 3.05) is 12.4 Å². The van der Waals surface area contributed by atoms with E-state index >= 15 is 0 Å². The number of carboxylic acids is 1. The number of imidazole rings is 1. The third-order valence-corrected chi connectivity index (χ3v) is 3.49. The summed E-state index contributed by atoms with van der Waals surface area (Å²) in [4.78, 5) is 15.6. The number of aromatic carboxylic acids is 1. The van der Waals surface area contributed by atoms with Crippen molar-refractivity contribution < 1.29 is 19.7 Å². The van der Waals surface area contributed by atoms with Gasteiger partial charge < -0.3 is 20.3 Å². The number of hydrogen-bond acceptors (Lipinski definition) is 5. The Morgan fingerprint density at radius 3 is 2.91 bits per heavy atom. The number of aromatic nitrogens is 2. The number of fused-ring (bicyclic) bond motifs is 1. The second kappa shape index (κ2) is 5.88. The number of hydrogen-bond donors (Lipinski definition) is 3. The molecule has 7 heteroatoms. The Morgan fingerprint density at radius 2 is 2.17 bits per heavy atom. The van der Waals surface area contributed by atoms with Gasteiger partial charge in [0.15, 0.2) is 17.2 Å². The number of rotatable bonds is 5. The maximum absolute atomic E-state index is 11.5. The number of carbonyl (C=O) groups is 1. The number of aromatic hydroxyl groups is 1. The maximum Gasteiger partial charge on any atom is 0.355 e. The van der Waals surface area contributed by atoms with E-state index in [4.69, 9.17) is 4.74 Å². The van der Waals surface area contributed by atoms with Crippen LogP contribution in [0.15, 0.2) is 42.7 Å². The van der Waals surface area contributed by atoms with Gasteiger partial charge >= 0.3 is 5.97 Å². The zero-order valence-corrected chi connectivity index (χ0v) is 12.4. The fourth-order valence-electron chi connectivity index (χ4n) is 2.38. The molecule has 1 aromatic carbocycles. The van der Waals surface area contributed by atoms with Gasteiger partial charge in [0.2, 0.25) is 0 Å². The van der Waals surface area contributed by atoms with E-state index in [2.05, 4.69) is 10.3 Å². The summed E-state index contributed by atoms with van der Waals surface area (Å²) >= 11 is 0. The Morgan fingerprint density at radius 1 is 1.35 bits per heavy atom. The van der Waals surface area contributed by atoms with E-state index in [1.54, 1.807) is 36.7 Å². The van der Waals surface area contributed by atoms with Crippen molar-refractivity contribution in [3.05, 3.63) is 54.0 Å². The van der Waals surface area contributed by atoms with E-state index in [1.165, 1.54) is 17.6 Å². The van der Waals surface area contributed by atoms with Crippen LogP contribution < -0.4 is 10.1 Å². The van der Waals surface area contributed by atoms with Crippen molar-refractivity contribution in [2.24, 2.45) is 0 Å². The van der Waals surface area contributed by atoms with Gasteiger partial charge in [0.05, 0.1) is 12.8 Å². The third kappa shape index (κ3) is 2.76. The highest BCUT2D eigenvalue weighted by molar-refractivity contribution is 5.93. The molecular weight excluding hydrogens is 298 g/mol. The quantitative estimate of drug-likeness (QED) is 0.669. The molecule has 3 aromatic rings. The number of phenolic OH excluding ortho intramolecular Hbond substituents is 1. The topological polar surface area (TPSA) is 96.1 Å². The third-order valence-electron chi connectivity index (χ3n) is 3.49. The first kappa shape index (κ1) is 14.7. The predicted molar refractivity (Wildman–Crippen MR) is 84.1 cm³/mol. The molecule has 2 heterocycles. The molecule has 0 saturated carbocycles. The van der Waals surface area contributed by atoms with Crippen LogP contribution >= 0.6 is 0 Å². The van der Waals surface area contributed by atoms with Crippen LogP contribution in [0.5, 0.6) is 11.5 Å². The highest BCUT2D eigenvalue weighted by atomic mass is 16.5. The van der Waals surface area contributed by atoms with Crippen molar-refractivity contribution >= 4 is 17.3 Å². The molecule has 7 nitrogen and oxygen atoms in total. The fourth-order valence-corrected chi connectivity index (χ4v) is 2.38. The van der Waals surface area contributed by atoms with E-state index in [1.807, 2.05) is 0 Å². The molecule has 0 amide bonds. The average Bonchev–Trinajstić information content (AvgIpc) is 3.01. The van der Waals surface area contributed by atoms with Crippen molar-refractivity contribution in [2.45, 2.75) is 6.54 Å². The molecule has 0 atom stereocenters. The number of nitrogens with zero attached hydrogens (tertiary/aromatic N) is 2. The minimum absolute atomic E-state index is 0.0577. The van der Waals surface area contributed by atoms with Gasteiger partial charge in [0, 0.05) is 18.9 Å². The molecule has 3 N–H and O–H groups in total. The second-order valence-electron chi connectivity index (χ2n) is 4.92. The molecule has 3 rings (SSSR count). The number of nitrogens with one attached hydrogen (secondary N) is 1. The molecular formula is C16H15N3O4. The minimum atomic E-state index is -1.04. The normalized spacial score (nSPS) is 10.7. The van der Waals surface area contributed by atoms with Gasteiger partial charge in [-0.3, -0.25) is 4.40 Å². The summed E-state index contributed by atoms with van der Waals surface area (Å²) in [6, 6.07) is 8.39. The Labute approximate surface area is 131 Å². The van der Waals surface area contributed by atoms with Crippen LogP contribution in [0.3, 0.4) is 0 Å². The lowest BCUT2D eigenvalue weighted by Gasteiger charge is -2.12. The Kier molecular flexibility index (Phi) is 3.76. The summed E-state index contributed by atoms with van der Waals surface area (Å²) in [5.74, 6) is -0.616. The van der Waals surface area contributed by atoms with E-state index in [0.717, 1.165) is 5.56 Å². The molecule has 0 bridgehead atoms. The van der Waals surface area contributed by atoms with Crippen molar-refractivity contribution in [3.8, 4) is 11.5 Å². The molecule has 118 valence electrons. The number of phenols is 1. The van der Waals surface area contributed by atoms with Gasteiger partial charge in [-0.2, -0.15) is 0 Å². The SMILES string of the molecule is COc1cc(CNc2ccc3nccn3c2C(=O)O)ccc1O. The summed E-state index contributed by atoms with van der Waals surface area (Å²) in [6.45, 7) is 0.386. The highest BCUT2D eigenvalue weighted by Gasteiger charge is 2.15. The van der Waals surface area contributed by atoms with Gasteiger partial charge in [-0.05, 0) is 29.8 Å². The summed E-state index contributed by atoms with van der Waals surface area (Å²) in [7, 11) is 1.47. The van der Waals surface area contributed by atoms with Crippen molar-refractivity contribution in [1.29, 1.82) is 0 Å². The smallest absolute Gasteiger partial charge is 0.355 e. The molecule has 0 fully saturated rings. The summed E-state index contributed by atoms with van der Waals surface area (Å²) in [5, 5.41) is 22.2. The molecule has 2 aromatic heterocycles. The van der Waals surface area contributed by atoms with Gasteiger partial charge in [-0.25, -0.2) is 9.78 Å². The fraction of sp³-hybridized carbons (Fsp3) is 0.125. The Hall–Kier alpha value is -3.22. The number of carboxylic acid groups (broad SMARTS) is 1. The number of benzene rings is 1. The summed E-state index contributed by atoms with van der Waals surface area (Å²) < 4.78 is 6.58. The van der Waals surface area contributed by atoms with Crippen LogP contribution in [-0.4, -0.2) is 32.7 Å². The largest absolute Gasteiger partial charge is 0.504 e. The molecule has 0 radical (unpaired) electrons. The van der Waals surface area contributed by atoms with E-state index in [9.17, 15) is 15.0 Å². The van der Waals surface area contributed by atoms with Crippen molar-refractivity contribution in [1.82, 2.24) is 9.38 Å². The Bertz CT molecular complexity index is 873. The van der Waals surface area contributed by atoms with Gasteiger partial charge in [0.25, 0.3) is 0 Å². The monoisotopic (exact) mass is 313 g/mol. The lowest BCUT2D eigenvalue weighted by Crippen LogP contribution is -2.11. The molecule has 0 aliphatic heterocycles. The van der Waals surface area contributed by atoms with Crippen LogP contribution in [0.4, 0.5) is 5.69 Å². The number of pyridine rings is 1. The van der Waals surface area contributed by atoms with E-state index in [0.29, 0.717) is 23.6 Å². The highest BCUT2D eigenvalue weighted by Crippen LogP contribution is 2.27. The number of ether oxygens (including phenoxy) is 1. The van der Waals surface area contributed by atoms with Crippen molar-refractivity contribution in [3.63, 3.8) is 0 Å². The molecule has 0 spiro atoms. The predicted octanol–water partition coefficient (Wildman–Crippen LogP) is 2.36. The molecule has 0 unspecified atom stereocenters. The summed E-state index contributed by atoms with van der Waals surface area (Å²) in [5.41, 5.74) is 2.02. The average molecular weight is 313 g/mol. The van der Waals surface area contributed by atoms with Gasteiger partial charge in [-0.15, -0.1) is 0 Å². The van der Waals surface area contributed by atoms with E-state index < -0.39 is 5.97 Å². The van der Waals surface area contributed by atoms with Crippen LogP contribution in [0, 0.1) is 0 Å². The van der Waals surface area contributed by atoms with Crippen LogP contribution in [0.2, 0.25) is 0 Å². The van der Waals surface area contributed by atoms with Crippen LogP contribution in [0.25, 0.3) is 5.65 Å². The maximum atomic E-state index is 11.5. The first-order valence-corrected chi connectivity index (χ1v) is 6.89. The Balaban J connectivity index is 1.90.